The van der Waals surface area contributed by atoms with Crippen LogP contribution in [0.15, 0.2) is 53.8 Å². The average Bonchev–Trinajstić information content (AvgIpc) is 3.11. The van der Waals surface area contributed by atoms with Crippen molar-refractivity contribution in [2.75, 3.05) is 13.1 Å². The van der Waals surface area contributed by atoms with E-state index >= 15 is 0 Å². The predicted molar refractivity (Wildman–Crippen MR) is 96.9 cm³/mol. The van der Waals surface area contributed by atoms with Gasteiger partial charge in [0.05, 0.1) is 6.54 Å². The highest BCUT2D eigenvalue weighted by molar-refractivity contribution is 8.14. The summed E-state index contributed by atoms with van der Waals surface area (Å²) in [5.74, 6) is 0.501. The third-order valence-electron chi connectivity index (χ3n) is 4.85. The summed E-state index contributed by atoms with van der Waals surface area (Å²) >= 11 is 1.95. The van der Waals surface area contributed by atoms with Crippen molar-refractivity contribution in [3.8, 4) is 0 Å². The van der Waals surface area contributed by atoms with Gasteiger partial charge in [-0.3, -0.25) is 9.98 Å². The summed E-state index contributed by atoms with van der Waals surface area (Å²) in [6.07, 6.45) is 4.89. The van der Waals surface area contributed by atoms with Crippen LogP contribution in [0, 0.1) is 0 Å². The Hall–Kier alpha value is -1.81. The van der Waals surface area contributed by atoms with Crippen LogP contribution < -0.4 is 0 Å². The Balaban J connectivity index is 1.43. The topological polar surface area (TPSA) is 28.5 Å². The van der Waals surface area contributed by atoms with Crippen LogP contribution in [0.1, 0.15) is 29.5 Å². The second-order valence-corrected chi connectivity index (χ2v) is 7.50. The van der Waals surface area contributed by atoms with E-state index in [1.807, 2.05) is 24.2 Å². The number of aromatic nitrogens is 1. The quantitative estimate of drug-likeness (QED) is 0.843. The lowest BCUT2D eigenvalue weighted by Crippen LogP contribution is -2.34. The molecule has 2 aliphatic heterocycles. The Kier molecular flexibility index (Phi) is 4.08. The number of pyridine rings is 1. The number of aliphatic imine (C=N–C) groups is 1. The van der Waals surface area contributed by atoms with Crippen molar-refractivity contribution in [2.24, 2.45) is 4.99 Å². The molecule has 23 heavy (non-hydrogen) atoms. The SMILES string of the molecule is CC(c1ccncc1)C1CN=C(N2CCc3ccccc3C2)S1. The molecule has 0 amide bonds. The smallest absolute Gasteiger partial charge is 0.159 e. The highest BCUT2D eigenvalue weighted by Gasteiger charge is 2.30. The zero-order valence-electron chi connectivity index (χ0n) is 13.4. The van der Waals surface area contributed by atoms with Crippen molar-refractivity contribution < 1.29 is 0 Å². The van der Waals surface area contributed by atoms with Crippen molar-refractivity contribution >= 4 is 16.9 Å². The van der Waals surface area contributed by atoms with Crippen LogP contribution in [-0.2, 0) is 13.0 Å². The number of amidine groups is 1. The highest BCUT2D eigenvalue weighted by atomic mass is 32.2. The molecular weight excluding hydrogens is 302 g/mol. The van der Waals surface area contributed by atoms with Gasteiger partial charge in [0.2, 0.25) is 0 Å². The Morgan fingerprint density at radius 1 is 1.13 bits per heavy atom. The fourth-order valence-corrected chi connectivity index (χ4v) is 4.59. The standard InChI is InChI=1S/C19H21N3S/c1-14(15-6-9-20-10-7-15)18-12-21-19(23-18)22-11-8-16-4-2-3-5-17(16)13-22/h2-7,9-10,14,18H,8,11-13H2,1H3. The molecule has 1 aromatic carbocycles. The van der Waals surface area contributed by atoms with Crippen molar-refractivity contribution in [3.05, 3.63) is 65.5 Å². The van der Waals surface area contributed by atoms with Gasteiger partial charge in [-0.25, -0.2) is 0 Å². The fraction of sp³-hybridized carbons (Fsp3) is 0.368. The summed E-state index contributed by atoms with van der Waals surface area (Å²) in [4.78, 5) is 11.4. The third-order valence-corrected chi connectivity index (χ3v) is 6.31. The van der Waals surface area contributed by atoms with Crippen LogP contribution >= 0.6 is 11.8 Å². The van der Waals surface area contributed by atoms with Crippen LogP contribution in [0.3, 0.4) is 0 Å². The lowest BCUT2D eigenvalue weighted by Gasteiger charge is -2.30. The van der Waals surface area contributed by atoms with Gasteiger partial charge in [0.25, 0.3) is 0 Å². The number of hydrogen-bond acceptors (Lipinski definition) is 4. The minimum atomic E-state index is 0.501. The Labute approximate surface area is 141 Å². The van der Waals surface area contributed by atoms with E-state index in [9.17, 15) is 0 Å². The van der Waals surface area contributed by atoms with E-state index in [2.05, 4.69) is 53.2 Å². The van der Waals surface area contributed by atoms with Gasteiger partial charge >= 0.3 is 0 Å². The lowest BCUT2D eigenvalue weighted by atomic mass is 9.99. The lowest BCUT2D eigenvalue weighted by molar-refractivity contribution is 0.401. The minimum absolute atomic E-state index is 0.501. The molecule has 2 atom stereocenters. The summed E-state index contributed by atoms with van der Waals surface area (Å²) < 4.78 is 0. The number of hydrogen-bond donors (Lipinski definition) is 0. The first-order valence-electron chi connectivity index (χ1n) is 8.24. The average molecular weight is 323 g/mol. The van der Waals surface area contributed by atoms with Gasteiger partial charge in [-0.1, -0.05) is 43.0 Å². The molecule has 118 valence electrons. The van der Waals surface area contributed by atoms with Crippen LogP contribution in [0.25, 0.3) is 0 Å². The van der Waals surface area contributed by atoms with E-state index in [0.717, 1.165) is 26.1 Å². The largest absolute Gasteiger partial charge is 0.347 e. The molecule has 1 aromatic heterocycles. The van der Waals surface area contributed by atoms with Crippen molar-refractivity contribution in [2.45, 2.75) is 31.1 Å². The molecule has 0 radical (unpaired) electrons. The van der Waals surface area contributed by atoms with Gasteiger partial charge in [0.15, 0.2) is 5.17 Å². The molecule has 2 aromatic rings. The summed E-state index contributed by atoms with van der Waals surface area (Å²) in [5.41, 5.74) is 4.31. The number of thioether (sulfide) groups is 1. The normalized spacial score (nSPS) is 21.7. The molecule has 0 aliphatic carbocycles. The molecule has 0 fully saturated rings. The van der Waals surface area contributed by atoms with Gasteiger partial charge in [0.1, 0.15) is 0 Å². The van der Waals surface area contributed by atoms with Crippen molar-refractivity contribution in [3.63, 3.8) is 0 Å². The maximum absolute atomic E-state index is 4.85. The fourth-order valence-electron chi connectivity index (χ4n) is 3.35. The predicted octanol–water partition coefficient (Wildman–Crippen LogP) is 3.71. The molecule has 4 rings (SSSR count). The second kappa shape index (κ2) is 6.36. The first kappa shape index (κ1) is 14.8. The van der Waals surface area contributed by atoms with Gasteiger partial charge in [-0.15, -0.1) is 0 Å². The summed E-state index contributed by atoms with van der Waals surface area (Å²) in [6.45, 7) is 5.30. The molecule has 3 heterocycles. The highest BCUT2D eigenvalue weighted by Crippen LogP contribution is 2.35. The van der Waals surface area contributed by atoms with E-state index in [0.29, 0.717) is 11.2 Å². The number of fused-ring (bicyclic) bond motifs is 1. The first-order valence-corrected chi connectivity index (χ1v) is 9.12. The van der Waals surface area contributed by atoms with Crippen LogP contribution in [0.2, 0.25) is 0 Å². The van der Waals surface area contributed by atoms with Gasteiger partial charge in [-0.2, -0.15) is 0 Å². The van der Waals surface area contributed by atoms with Gasteiger partial charge in [0, 0.05) is 30.7 Å². The van der Waals surface area contributed by atoms with Crippen molar-refractivity contribution in [1.82, 2.24) is 9.88 Å². The summed E-state index contributed by atoms with van der Waals surface area (Å²) in [5, 5.41) is 1.76. The van der Waals surface area contributed by atoms with E-state index in [-0.39, 0.29) is 0 Å². The molecular formula is C19H21N3S. The molecule has 4 heteroatoms. The molecule has 0 saturated heterocycles. The number of rotatable bonds is 2. The third kappa shape index (κ3) is 3.00. The molecule has 0 bridgehead atoms. The summed E-state index contributed by atoms with van der Waals surface area (Å²) in [6, 6.07) is 13.0. The van der Waals surface area contributed by atoms with Gasteiger partial charge < -0.3 is 4.90 Å². The van der Waals surface area contributed by atoms with Crippen LogP contribution in [0.5, 0.6) is 0 Å². The van der Waals surface area contributed by atoms with E-state index in [1.54, 1.807) is 0 Å². The monoisotopic (exact) mass is 323 g/mol. The Morgan fingerprint density at radius 2 is 1.91 bits per heavy atom. The molecule has 0 saturated carbocycles. The Morgan fingerprint density at radius 3 is 2.74 bits per heavy atom. The summed E-state index contributed by atoms with van der Waals surface area (Å²) in [7, 11) is 0. The first-order chi connectivity index (χ1) is 11.3. The zero-order valence-corrected chi connectivity index (χ0v) is 14.2. The van der Waals surface area contributed by atoms with Crippen LogP contribution in [-0.4, -0.2) is 33.4 Å². The molecule has 2 unspecified atom stereocenters. The molecule has 3 nitrogen and oxygen atoms in total. The van der Waals surface area contributed by atoms with Gasteiger partial charge in [-0.05, 0) is 41.2 Å². The van der Waals surface area contributed by atoms with Crippen molar-refractivity contribution in [1.29, 1.82) is 0 Å². The van der Waals surface area contributed by atoms with E-state index < -0.39 is 0 Å². The Bertz CT molecular complexity index is 714. The van der Waals surface area contributed by atoms with E-state index in [1.165, 1.54) is 21.9 Å². The number of benzene rings is 1. The second-order valence-electron chi connectivity index (χ2n) is 6.29. The molecule has 0 N–H and O–H groups in total. The maximum Gasteiger partial charge on any atom is 0.159 e. The number of nitrogens with zero attached hydrogens (tertiary/aromatic N) is 3. The minimum Gasteiger partial charge on any atom is -0.347 e. The maximum atomic E-state index is 4.85. The van der Waals surface area contributed by atoms with Crippen LogP contribution in [0.4, 0.5) is 0 Å². The zero-order chi connectivity index (χ0) is 15.6. The molecule has 2 aliphatic rings. The van der Waals surface area contributed by atoms with E-state index in [4.69, 9.17) is 4.99 Å². The molecule has 0 spiro atoms.